The number of hydrogen-bond donors (Lipinski definition) is 1. The van der Waals surface area contributed by atoms with Gasteiger partial charge in [-0.3, -0.25) is 4.79 Å². The lowest BCUT2D eigenvalue weighted by molar-refractivity contribution is -0.120. The summed E-state index contributed by atoms with van der Waals surface area (Å²) in [7, 11) is 1.64. The molecule has 1 atom stereocenters. The monoisotopic (exact) mass is 376 g/mol. The molecule has 1 aliphatic heterocycles. The molecule has 1 aliphatic carbocycles. The molecule has 0 radical (unpaired) electrons. The highest BCUT2D eigenvalue weighted by atomic mass is 32.1. The summed E-state index contributed by atoms with van der Waals surface area (Å²) in [6.45, 7) is 0. The Kier molecular flexibility index (Phi) is 4.77. The predicted molar refractivity (Wildman–Crippen MR) is 112 cm³/mol. The lowest BCUT2D eigenvalue weighted by atomic mass is 9.91. The molecule has 0 amide bonds. The Morgan fingerprint density at radius 2 is 1.81 bits per heavy atom. The molecule has 0 aromatic heterocycles. The summed E-state index contributed by atoms with van der Waals surface area (Å²) >= 11 is 5.66. The van der Waals surface area contributed by atoms with Gasteiger partial charge < -0.3 is 15.0 Å². The van der Waals surface area contributed by atoms with Crippen LogP contribution in [0.15, 0.2) is 72.8 Å². The molecule has 0 bridgehead atoms. The molecule has 2 aliphatic rings. The van der Waals surface area contributed by atoms with Crippen molar-refractivity contribution in [2.24, 2.45) is 5.92 Å². The van der Waals surface area contributed by atoms with Crippen molar-refractivity contribution in [1.82, 2.24) is 0 Å². The number of nitrogens with zero attached hydrogens (tertiary/aromatic N) is 1. The van der Waals surface area contributed by atoms with E-state index < -0.39 is 0 Å². The molecule has 0 saturated carbocycles. The van der Waals surface area contributed by atoms with E-state index in [9.17, 15) is 4.79 Å². The van der Waals surface area contributed by atoms with Gasteiger partial charge in [0.2, 0.25) is 0 Å². The van der Waals surface area contributed by atoms with Gasteiger partial charge in [0, 0.05) is 17.8 Å². The van der Waals surface area contributed by atoms with E-state index in [1.54, 1.807) is 7.11 Å². The predicted octanol–water partition coefficient (Wildman–Crippen LogP) is 4.65. The first kappa shape index (κ1) is 17.5. The molecule has 1 N–H and O–H groups in total. The van der Waals surface area contributed by atoms with Crippen LogP contribution in [0.1, 0.15) is 18.0 Å². The summed E-state index contributed by atoms with van der Waals surface area (Å²) in [5, 5.41) is 3.89. The van der Waals surface area contributed by atoms with E-state index in [2.05, 4.69) is 11.4 Å². The molecule has 1 unspecified atom stereocenters. The van der Waals surface area contributed by atoms with E-state index in [1.807, 2.05) is 71.7 Å². The summed E-state index contributed by atoms with van der Waals surface area (Å²) in [4.78, 5) is 14.9. The summed E-state index contributed by atoms with van der Waals surface area (Å²) in [5.41, 5.74) is 2.96. The van der Waals surface area contributed by atoms with Gasteiger partial charge in [-0.2, -0.15) is 0 Å². The fourth-order valence-corrected chi connectivity index (χ4v) is 3.91. The highest BCUT2D eigenvalue weighted by Gasteiger charge is 2.33. The molecule has 2 aromatic carbocycles. The van der Waals surface area contributed by atoms with Crippen LogP contribution in [-0.4, -0.2) is 18.0 Å². The maximum Gasteiger partial charge on any atom is 0.178 e. The van der Waals surface area contributed by atoms with Gasteiger partial charge in [0.15, 0.2) is 5.11 Å². The molecule has 0 fully saturated rings. The second-order valence-electron chi connectivity index (χ2n) is 6.57. The SMILES string of the molecule is COc1ccc(N2C(=S)Nc3ccccc3C2CC(=O)C2C=CC=C2)cc1. The molecule has 1 heterocycles. The maximum absolute atomic E-state index is 12.9. The number of ether oxygens (including phenoxy) is 1. The minimum absolute atomic E-state index is 0.154. The third kappa shape index (κ3) is 3.38. The summed E-state index contributed by atoms with van der Waals surface area (Å²) in [6.07, 6.45) is 8.09. The first-order valence-electron chi connectivity index (χ1n) is 8.88. The number of rotatable bonds is 5. The van der Waals surface area contributed by atoms with Crippen molar-refractivity contribution in [2.75, 3.05) is 17.3 Å². The minimum Gasteiger partial charge on any atom is -0.497 e. The van der Waals surface area contributed by atoms with Gasteiger partial charge in [-0.25, -0.2) is 0 Å². The number of thiocarbonyl (C=S) groups is 1. The fraction of sp³-hybridized carbons (Fsp3) is 0.182. The van der Waals surface area contributed by atoms with Crippen molar-refractivity contribution < 1.29 is 9.53 Å². The number of fused-ring (bicyclic) bond motifs is 1. The van der Waals surface area contributed by atoms with Crippen LogP contribution in [0.25, 0.3) is 0 Å². The molecule has 4 rings (SSSR count). The smallest absolute Gasteiger partial charge is 0.178 e. The zero-order chi connectivity index (χ0) is 18.8. The van der Waals surface area contributed by atoms with Crippen LogP contribution in [0, 0.1) is 5.92 Å². The zero-order valence-corrected chi connectivity index (χ0v) is 15.8. The Morgan fingerprint density at radius 1 is 1.11 bits per heavy atom. The Morgan fingerprint density at radius 3 is 2.52 bits per heavy atom. The number of hydrogen-bond acceptors (Lipinski definition) is 3. The van der Waals surface area contributed by atoms with Crippen LogP contribution >= 0.6 is 12.2 Å². The van der Waals surface area contributed by atoms with E-state index in [0.717, 1.165) is 22.7 Å². The average Bonchev–Trinajstić information content (AvgIpc) is 3.23. The first-order chi connectivity index (χ1) is 13.2. The zero-order valence-electron chi connectivity index (χ0n) is 15.0. The Labute approximate surface area is 164 Å². The Balaban J connectivity index is 1.72. The molecule has 136 valence electrons. The Hall–Kier alpha value is -2.92. The van der Waals surface area contributed by atoms with Gasteiger partial charge in [-0.1, -0.05) is 42.5 Å². The highest BCUT2D eigenvalue weighted by Crippen LogP contribution is 2.39. The number of carbonyl (C=O) groups excluding carboxylic acids is 1. The van der Waals surface area contributed by atoms with Gasteiger partial charge in [-0.15, -0.1) is 0 Å². The van der Waals surface area contributed by atoms with E-state index in [1.165, 1.54) is 0 Å². The molecule has 5 heteroatoms. The van der Waals surface area contributed by atoms with Gasteiger partial charge >= 0.3 is 0 Å². The van der Waals surface area contributed by atoms with Crippen molar-refractivity contribution >= 4 is 34.5 Å². The third-order valence-corrected chi connectivity index (χ3v) is 5.26. The lowest BCUT2D eigenvalue weighted by Gasteiger charge is -2.39. The highest BCUT2D eigenvalue weighted by molar-refractivity contribution is 7.80. The summed E-state index contributed by atoms with van der Waals surface area (Å²) in [6, 6.07) is 15.6. The normalized spacial score (nSPS) is 18.3. The largest absolute Gasteiger partial charge is 0.497 e. The van der Waals surface area contributed by atoms with Crippen LogP contribution < -0.4 is 15.0 Å². The van der Waals surface area contributed by atoms with Crippen LogP contribution in [0.4, 0.5) is 11.4 Å². The summed E-state index contributed by atoms with van der Waals surface area (Å²) < 4.78 is 5.26. The molecular formula is C22H20N2O2S. The molecule has 27 heavy (non-hydrogen) atoms. The average molecular weight is 376 g/mol. The molecule has 4 nitrogen and oxygen atoms in total. The number of ketones is 1. The van der Waals surface area contributed by atoms with Crippen molar-refractivity contribution in [1.29, 1.82) is 0 Å². The van der Waals surface area contributed by atoms with Crippen LogP contribution in [0.2, 0.25) is 0 Å². The van der Waals surface area contributed by atoms with Crippen LogP contribution in [-0.2, 0) is 4.79 Å². The molecular weight excluding hydrogens is 356 g/mol. The van der Waals surface area contributed by atoms with Crippen molar-refractivity contribution in [3.63, 3.8) is 0 Å². The lowest BCUT2D eigenvalue weighted by Crippen LogP contribution is -2.43. The second kappa shape index (κ2) is 7.37. The number of nitrogens with one attached hydrogen (secondary N) is 1. The number of para-hydroxylation sites is 1. The van der Waals surface area contributed by atoms with E-state index in [-0.39, 0.29) is 17.7 Å². The number of methoxy groups -OCH3 is 1. The number of carbonyl (C=O) groups is 1. The third-order valence-electron chi connectivity index (χ3n) is 4.96. The molecule has 2 aromatic rings. The van der Waals surface area contributed by atoms with Gasteiger partial charge in [0.25, 0.3) is 0 Å². The Bertz CT molecular complexity index is 922. The van der Waals surface area contributed by atoms with Crippen LogP contribution in [0.5, 0.6) is 5.75 Å². The van der Waals surface area contributed by atoms with E-state index >= 15 is 0 Å². The van der Waals surface area contributed by atoms with E-state index in [0.29, 0.717) is 11.5 Å². The van der Waals surface area contributed by atoms with E-state index in [4.69, 9.17) is 17.0 Å². The number of Topliss-reactive ketones (excluding diaryl/α,β-unsaturated/α-hetero) is 1. The number of benzene rings is 2. The topological polar surface area (TPSA) is 41.6 Å². The van der Waals surface area contributed by atoms with Gasteiger partial charge in [-0.05, 0) is 48.1 Å². The standard InChI is InChI=1S/C22H20N2O2S/c1-26-17-12-10-16(11-13-17)24-20(14-21(25)15-6-2-3-7-15)18-8-4-5-9-19(18)23-22(24)27/h2-13,15,20H,14H2,1H3,(H,23,27). The van der Waals surface area contributed by atoms with Crippen molar-refractivity contribution in [2.45, 2.75) is 12.5 Å². The van der Waals surface area contributed by atoms with Gasteiger partial charge in [0.1, 0.15) is 11.5 Å². The number of anilines is 2. The summed E-state index contributed by atoms with van der Waals surface area (Å²) in [5.74, 6) is 0.810. The maximum atomic E-state index is 12.9. The van der Waals surface area contributed by atoms with Crippen molar-refractivity contribution in [3.05, 3.63) is 78.4 Å². The quantitative estimate of drug-likeness (QED) is 0.769. The number of allylic oxidation sites excluding steroid dienone is 4. The fourth-order valence-electron chi connectivity index (χ4n) is 3.57. The van der Waals surface area contributed by atoms with Gasteiger partial charge in [0.05, 0.1) is 19.1 Å². The van der Waals surface area contributed by atoms with Crippen LogP contribution in [0.3, 0.4) is 0 Å². The molecule has 0 spiro atoms. The first-order valence-corrected chi connectivity index (χ1v) is 9.29. The molecule has 0 saturated heterocycles. The minimum atomic E-state index is -0.154. The van der Waals surface area contributed by atoms with Crippen molar-refractivity contribution in [3.8, 4) is 5.75 Å². The second-order valence-corrected chi connectivity index (χ2v) is 6.95.